The molecule has 2 aromatic heterocycles. The molecule has 5 heteroatoms. The van der Waals surface area contributed by atoms with Crippen LogP contribution >= 0.6 is 0 Å². The minimum Gasteiger partial charge on any atom is -0.508 e. The maximum atomic E-state index is 11.8. The van der Waals surface area contributed by atoms with E-state index in [4.69, 9.17) is 8.83 Å². The van der Waals surface area contributed by atoms with E-state index in [-0.39, 0.29) is 17.1 Å². The number of hydrogen-bond acceptors (Lipinski definition) is 5. The highest BCUT2D eigenvalue weighted by Crippen LogP contribution is 2.47. The van der Waals surface area contributed by atoms with E-state index in [0.29, 0.717) is 33.2 Å². The summed E-state index contributed by atoms with van der Waals surface area (Å²) in [6.07, 6.45) is 0. The lowest BCUT2D eigenvalue weighted by Gasteiger charge is -2.06. The van der Waals surface area contributed by atoms with Gasteiger partial charge in [-0.3, -0.25) is 0 Å². The van der Waals surface area contributed by atoms with Crippen molar-refractivity contribution in [1.29, 1.82) is 0 Å². The van der Waals surface area contributed by atoms with Crippen LogP contribution in [0.2, 0.25) is 0 Å². The fourth-order valence-corrected chi connectivity index (χ4v) is 3.77. The molecular weight excluding hydrogens is 368 g/mol. The number of phenolic OH excluding ortho intramolecular Hbond substituents is 2. The SMILES string of the molecule is Cc1cc(=O)oc2cc(O)c3c(-c4ccc(O)cc4)c(-c4ccccc4)oc3c12. The normalized spacial score (nSPS) is 11.3. The third kappa shape index (κ3) is 2.67. The van der Waals surface area contributed by atoms with E-state index in [1.54, 1.807) is 31.2 Å². The van der Waals surface area contributed by atoms with Gasteiger partial charge in [-0.15, -0.1) is 0 Å². The van der Waals surface area contributed by atoms with Crippen LogP contribution in [0.25, 0.3) is 44.4 Å². The smallest absolute Gasteiger partial charge is 0.336 e. The fraction of sp³-hybridized carbons (Fsp3) is 0.0417. The molecule has 29 heavy (non-hydrogen) atoms. The highest BCUT2D eigenvalue weighted by atomic mass is 16.4. The topological polar surface area (TPSA) is 83.8 Å². The summed E-state index contributed by atoms with van der Waals surface area (Å²) in [6, 6.07) is 19.2. The van der Waals surface area contributed by atoms with Crippen molar-refractivity contribution in [3.05, 3.63) is 82.7 Å². The van der Waals surface area contributed by atoms with Crippen molar-refractivity contribution in [1.82, 2.24) is 0 Å². The molecule has 0 amide bonds. The molecule has 2 heterocycles. The lowest BCUT2D eigenvalue weighted by molar-refractivity contribution is 0.475. The molecule has 0 radical (unpaired) electrons. The highest BCUT2D eigenvalue weighted by molar-refractivity contribution is 6.15. The summed E-state index contributed by atoms with van der Waals surface area (Å²) in [6.45, 7) is 1.81. The third-order valence-electron chi connectivity index (χ3n) is 5.04. The molecule has 142 valence electrons. The van der Waals surface area contributed by atoms with Gasteiger partial charge < -0.3 is 19.0 Å². The highest BCUT2D eigenvalue weighted by Gasteiger charge is 2.24. The molecule has 0 aliphatic heterocycles. The second-order valence-corrected chi connectivity index (χ2v) is 6.94. The number of fused-ring (bicyclic) bond motifs is 3. The summed E-state index contributed by atoms with van der Waals surface area (Å²) in [5.74, 6) is 0.685. The van der Waals surface area contributed by atoms with E-state index in [9.17, 15) is 15.0 Å². The molecule has 0 fully saturated rings. The predicted octanol–water partition coefficient (Wildman–Crippen LogP) is 5.59. The van der Waals surface area contributed by atoms with Crippen LogP contribution in [0.15, 0.2) is 80.4 Å². The van der Waals surface area contributed by atoms with Crippen LogP contribution in [0.4, 0.5) is 0 Å². The van der Waals surface area contributed by atoms with Gasteiger partial charge >= 0.3 is 5.63 Å². The number of benzene rings is 3. The minimum atomic E-state index is -0.484. The number of furan rings is 1. The van der Waals surface area contributed by atoms with Gasteiger partial charge in [0.25, 0.3) is 0 Å². The maximum Gasteiger partial charge on any atom is 0.336 e. The van der Waals surface area contributed by atoms with Crippen LogP contribution in [-0.4, -0.2) is 10.2 Å². The Morgan fingerprint density at radius 1 is 0.793 bits per heavy atom. The van der Waals surface area contributed by atoms with Gasteiger partial charge in [0, 0.05) is 23.3 Å². The van der Waals surface area contributed by atoms with Crippen molar-refractivity contribution in [2.75, 3.05) is 0 Å². The zero-order valence-electron chi connectivity index (χ0n) is 15.5. The van der Waals surface area contributed by atoms with E-state index in [1.165, 1.54) is 12.1 Å². The number of hydrogen-bond donors (Lipinski definition) is 2. The Kier molecular flexibility index (Phi) is 3.71. The Morgan fingerprint density at radius 3 is 2.24 bits per heavy atom. The Morgan fingerprint density at radius 2 is 1.52 bits per heavy atom. The van der Waals surface area contributed by atoms with Gasteiger partial charge in [-0.25, -0.2) is 4.79 Å². The predicted molar refractivity (Wildman–Crippen MR) is 111 cm³/mol. The number of aryl methyl sites for hydroxylation is 1. The van der Waals surface area contributed by atoms with Crippen LogP contribution in [0.3, 0.4) is 0 Å². The molecule has 5 nitrogen and oxygen atoms in total. The molecule has 0 spiro atoms. The van der Waals surface area contributed by atoms with E-state index in [1.807, 2.05) is 30.3 Å². The van der Waals surface area contributed by atoms with E-state index in [2.05, 4.69) is 0 Å². The van der Waals surface area contributed by atoms with Gasteiger partial charge in [0.05, 0.1) is 10.8 Å². The quantitative estimate of drug-likeness (QED) is 0.388. The fourth-order valence-electron chi connectivity index (χ4n) is 3.77. The van der Waals surface area contributed by atoms with Crippen molar-refractivity contribution in [3.8, 4) is 33.9 Å². The summed E-state index contributed by atoms with van der Waals surface area (Å²) >= 11 is 0. The minimum absolute atomic E-state index is 0.0461. The summed E-state index contributed by atoms with van der Waals surface area (Å²) in [5.41, 5.74) is 3.26. The van der Waals surface area contributed by atoms with Gasteiger partial charge in [-0.1, -0.05) is 42.5 Å². The second kappa shape index (κ2) is 6.27. The number of aromatic hydroxyl groups is 2. The Labute approximate surface area is 165 Å². The Bertz CT molecular complexity index is 1420. The zero-order valence-corrected chi connectivity index (χ0v) is 15.5. The van der Waals surface area contributed by atoms with Crippen LogP contribution in [0, 0.1) is 6.92 Å². The van der Waals surface area contributed by atoms with Gasteiger partial charge in [0.15, 0.2) is 0 Å². The molecule has 5 rings (SSSR count). The number of rotatable bonds is 2. The molecule has 0 saturated carbocycles. The van der Waals surface area contributed by atoms with Crippen LogP contribution < -0.4 is 5.63 Å². The van der Waals surface area contributed by atoms with Crippen molar-refractivity contribution in [2.45, 2.75) is 6.92 Å². The van der Waals surface area contributed by atoms with E-state index >= 15 is 0 Å². The molecule has 0 saturated heterocycles. The summed E-state index contributed by atoms with van der Waals surface area (Å²) in [7, 11) is 0. The Balaban J connectivity index is 1.99. The molecule has 5 aromatic rings. The van der Waals surface area contributed by atoms with E-state index in [0.717, 1.165) is 11.1 Å². The molecule has 0 aliphatic carbocycles. The van der Waals surface area contributed by atoms with Crippen molar-refractivity contribution in [2.24, 2.45) is 0 Å². The lowest BCUT2D eigenvalue weighted by atomic mass is 9.96. The largest absolute Gasteiger partial charge is 0.508 e. The molecule has 3 aromatic carbocycles. The summed E-state index contributed by atoms with van der Waals surface area (Å²) in [5, 5.41) is 21.7. The first-order valence-electron chi connectivity index (χ1n) is 9.10. The summed E-state index contributed by atoms with van der Waals surface area (Å²) in [4.78, 5) is 11.8. The first-order valence-corrected chi connectivity index (χ1v) is 9.10. The first-order chi connectivity index (χ1) is 14.0. The first kappa shape index (κ1) is 17.1. The summed E-state index contributed by atoms with van der Waals surface area (Å²) < 4.78 is 11.6. The molecule has 0 aliphatic rings. The zero-order chi connectivity index (χ0) is 20.1. The van der Waals surface area contributed by atoms with Gasteiger partial charge in [0.2, 0.25) is 0 Å². The molecular formula is C24H16O5. The maximum absolute atomic E-state index is 11.8. The molecule has 0 bridgehead atoms. The van der Waals surface area contributed by atoms with Crippen LogP contribution in [-0.2, 0) is 0 Å². The average molecular weight is 384 g/mol. The van der Waals surface area contributed by atoms with E-state index < -0.39 is 5.63 Å². The average Bonchev–Trinajstić information content (AvgIpc) is 3.10. The van der Waals surface area contributed by atoms with Gasteiger partial charge in [0.1, 0.15) is 28.4 Å². The van der Waals surface area contributed by atoms with Crippen molar-refractivity contribution >= 4 is 21.9 Å². The lowest BCUT2D eigenvalue weighted by Crippen LogP contribution is -1.97. The van der Waals surface area contributed by atoms with Crippen LogP contribution in [0.5, 0.6) is 11.5 Å². The van der Waals surface area contributed by atoms with Gasteiger partial charge in [-0.2, -0.15) is 0 Å². The number of phenols is 2. The molecule has 2 N–H and O–H groups in total. The van der Waals surface area contributed by atoms with Crippen molar-refractivity contribution < 1.29 is 19.0 Å². The monoisotopic (exact) mass is 384 g/mol. The Hall–Kier alpha value is -3.99. The second-order valence-electron chi connectivity index (χ2n) is 6.94. The standard InChI is InChI=1S/C24H16O5/c1-13-11-19(27)28-18-12-17(26)22-21(14-7-9-16(25)10-8-14)23(29-24(22)20(13)18)15-5-3-2-4-6-15/h2-12,25-26H,1H3. The third-order valence-corrected chi connectivity index (χ3v) is 5.04. The van der Waals surface area contributed by atoms with Crippen LogP contribution in [0.1, 0.15) is 5.56 Å². The van der Waals surface area contributed by atoms with Crippen molar-refractivity contribution in [3.63, 3.8) is 0 Å². The molecule has 0 atom stereocenters. The van der Waals surface area contributed by atoms with Gasteiger partial charge in [-0.05, 0) is 30.2 Å². The molecule has 0 unspecified atom stereocenters.